The smallest absolute Gasteiger partial charge is 0.0471 e. The summed E-state index contributed by atoms with van der Waals surface area (Å²) in [6, 6.07) is 0. The van der Waals surface area contributed by atoms with Crippen LogP contribution in [0.25, 0.3) is 0 Å². The third-order valence-electron chi connectivity index (χ3n) is 1.18. The SMILES string of the molecule is [CH2]CCCCC(Cl)CCl. The molecule has 0 N–H and O–H groups in total. The molecule has 0 rings (SSSR count). The maximum absolute atomic E-state index is 5.75. The van der Waals surface area contributed by atoms with Crippen molar-refractivity contribution in [3.8, 4) is 0 Å². The molecule has 9 heavy (non-hydrogen) atoms. The van der Waals surface area contributed by atoms with Gasteiger partial charge in [-0.25, -0.2) is 0 Å². The summed E-state index contributed by atoms with van der Waals surface area (Å²) >= 11 is 11.2. The van der Waals surface area contributed by atoms with E-state index in [0.29, 0.717) is 5.88 Å². The molecule has 1 unspecified atom stereocenters. The van der Waals surface area contributed by atoms with Gasteiger partial charge in [0.2, 0.25) is 0 Å². The van der Waals surface area contributed by atoms with Crippen molar-refractivity contribution in [2.45, 2.75) is 31.1 Å². The Labute approximate surface area is 67.5 Å². The highest BCUT2D eigenvalue weighted by Gasteiger charge is 1.99. The van der Waals surface area contributed by atoms with Crippen LogP contribution in [0.4, 0.5) is 0 Å². The highest BCUT2D eigenvalue weighted by Crippen LogP contribution is 2.09. The molecule has 0 spiro atoms. The summed E-state index contributed by atoms with van der Waals surface area (Å²) in [7, 11) is 0. The first kappa shape index (κ1) is 9.58. The van der Waals surface area contributed by atoms with E-state index in [1.807, 2.05) is 0 Å². The van der Waals surface area contributed by atoms with Gasteiger partial charge in [-0.2, -0.15) is 0 Å². The maximum atomic E-state index is 5.75. The predicted molar refractivity (Wildman–Crippen MR) is 44.2 cm³/mol. The van der Waals surface area contributed by atoms with Gasteiger partial charge in [0.1, 0.15) is 0 Å². The van der Waals surface area contributed by atoms with Crippen LogP contribution in [0.1, 0.15) is 25.7 Å². The third kappa shape index (κ3) is 6.47. The molecule has 0 aromatic heterocycles. The quantitative estimate of drug-likeness (QED) is 0.436. The van der Waals surface area contributed by atoms with E-state index in [9.17, 15) is 0 Å². The van der Waals surface area contributed by atoms with E-state index in [4.69, 9.17) is 23.2 Å². The number of rotatable bonds is 5. The average Bonchev–Trinajstić information content (AvgIpc) is 1.89. The minimum Gasteiger partial charge on any atom is -0.125 e. The van der Waals surface area contributed by atoms with Crippen molar-refractivity contribution >= 4 is 23.2 Å². The van der Waals surface area contributed by atoms with Gasteiger partial charge in [0.05, 0.1) is 0 Å². The molecule has 0 aromatic rings. The fourth-order valence-corrected chi connectivity index (χ4v) is 0.928. The standard InChI is InChI=1S/C7H13Cl2/c1-2-3-4-5-7(9)6-8/h7H,1-6H2. The molecule has 0 aliphatic heterocycles. The molecular weight excluding hydrogens is 155 g/mol. The Morgan fingerprint density at radius 3 is 2.44 bits per heavy atom. The summed E-state index contributed by atoms with van der Waals surface area (Å²) in [5.74, 6) is 0.568. The number of hydrogen-bond acceptors (Lipinski definition) is 0. The van der Waals surface area contributed by atoms with Crippen molar-refractivity contribution in [3.05, 3.63) is 6.92 Å². The molecular formula is C7H13Cl2. The van der Waals surface area contributed by atoms with Gasteiger partial charge in [-0.3, -0.25) is 0 Å². The molecule has 0 aliphatic rings. The summed E-state index contributed by atoms with van der Waals surface area (Å²) in [6.07, 6.45) is 4.36. The first-order valence-electron chi connectivity index (χ1n) is 3.30. The fraction of sp³-hybridized carbons (Fsp3) is 0.857. The van der Waals surface area contributed by atoms with Crippen LogP contribution in [0, 0.1) is 6.92 Å². The predicted octanol–water partition coefficient (Wildman–Crippen LogP) is 3.23. The molecule has 0 aromatic carbocycles. The lowest BCUT2D eigenvalue weighted by molar-refractivity contribution is 0.680. The van der Waals surface area contributed by atoms with Gasteiger partial charge in [-0.15, -0.1) is 23.2 Å². The second-order valence-corrected chi connectivity index (χ2v) is 3.03. The number of alkyl halides is 2. The summed E-state index contributed by atoms with van der Waals surface area (Å²) in [4.78, 5) is 0. The van der Waals surface area contributed by atoms with Crippen LogP contribution in [0.2, 0.25) is 0 Å². The molecule has 1 radical (unpaired) electrons. The molecule has 0 bridgehead atoms. The topological polar surface area (TPSA) is 0 Å². The Bertz CT molecular complexity index is 54.9. The fourth-order valence-electron chi connectivity index (χ4n) is 0.620. The molecule has 55 valence electrons. The Balaban J connectivity index is 2.88. The Morgan fingerprint density at radius 2 is 2.00 bits per heavy atom. The molecule has 0 fully saturated rings. The maximum Gasteiger partial charge on any atom is 0.0471 e. The van der Waals surface area contributed by atoms with Crippen molar-refractivity contribution < 1.29 is 0 Å². The number of hydrogen-bond donors (Lipinski definition) is 0. The normalized spacial score (nSPS) is 13.7. The van der Waals surface area contributed by atoms with E-state index in [-0.39, 0.29) is 5.38 Å². The molecule has 0 saturated carbocycles. The van der Waals surface area contributed by atoms with Crippen LogP contribution >= 0.6 is 23.2 Å². The van der Waals surface area contributed by atoms with Crippen molar-refractivity contribution in [1.82, 2.24) is 0 Å². The largest absolute Gasteiger partial charge is 0.125 e. The summed E-state index contributed by atoms with van der Waals surface area (Å²) < 4.78 is 0. The van der Waals surface area contributed by atoms with E-state index >= 15 is 0 Å². The van der Waals surface area contributed by atoms with E-state index < -0.39 is 0 Å². The van der Waals surface area contributed by atoms with Gasteiger partial charge in [0.25, 0.3) is 0 Å². The highest BCUT2D eigenvalue weighted by atomic mass is 35.5. The first-order chi connectivity index (χ1) is 4.31. The highest BCUT2D eigenvalue weighted by molar-refractivity contribution is 6.28. The molecule has 1 atom stereocenters. The van der Waals surface area contributed by atoms with Crippen LogP contribution < -0.4 is 0 Å². The lowest BCUT2D eigenvalue weighted by Gasteiger charge is -2.02. The first-order valence-corrected chi connectivity index (χ1v) is 4.27. The van der Waals surface area contributed by atoms with Crippen LogP contribution in [0.3, 0.4) is 0 Å². The van der Waals surface area contributed by atoms with Gasteiger partial charge < -0.3 is 0 Å². The van der Waals surface area contributed by atoms with Crippen molar-refractivity contribution in [2.24, 2.45) is 0 Å². The van der Waals surface area contributed by atoms with E-state index in [1.54, 1.807) is 0 Å². The lowest BCUT2D eigenvalue weighted by Crippen LogP contribution is -1.98. The van der Waals surface area contributed by atoms with Gasteiger partial charge in [0, 0.05) is 11.3 Å². The molecule has 2 heteroatoms. The number of halogens is 2. The van der Waals surface area contributed by atoms with Crippen LogP contribution in [0.5, 0.6) is 0 Å². The molecule has 0 heterocycles. The molecule has 0 amide bonds. The second kappa shape index (κ2) is 6.70. The monoisotopic (exact) mass is 167 g/mol. The molecule has 0 nitrogen and oxygen atoms in total. The van der Waals surface area contributed by atoms with E-state index in [2.05, 4.69) is 6.92 Å². The zero-order valence-corrected chi connectivity index (χ0v) is 7.09. The van der Waals surface area contributed by atoms with E-state index in [1.165, 1.54) is 6.42 Å². The summed E-state index contributed by atoms with van der Waals surface area (Å²) in [6.45, 7) is 3.73. The number of unbranched alkanes of at least 4 members (excludes halogenated alkanes) is 2. The zero-order chi connectivity index (χ0) is 7.11. The average molecular weight is 168 g/mol. The van der Waals surface area contributed by atoms with Gasteiger partial charge in [-0.05, 0) is 6.42 Å². The van der Waals surface area contributed by atoms with Crippen molar-refractivity contribution in [2.75, 3.05) is 5.88 Å². The zero-order valence-electron chi connectivity index (χ0n) is 5.58. The summed E-state index contributed by atoms with van der Waals surface area (Å²) in [5.41, 5.74) is 0. The second-order valence-electron chi connectivity index (χ2n) is 2.10. The van der Waals surface area contributed by atoms with Crippen LogP contribution in [0.15, 0.2) is 0 Å². The van der Waals surface area contributed by atoms with Gasteiger partial charge >= 0.3 is 0 Å². The minimum absolute atomic E-state index is 0.165. The van der Waals surface area contributed by atoms with E-state index in [0.717, 1.165) is 19.3 Å². The van der Waals surface area contributed by atoms with Crippen LogP contribution in [-0.2, 0) is 0 Å². The Hall–Kier alpha value is 0.580. The van der Waals surface area contributed by atoms with Crippen molar-refractivity contribution in [3.63, 3.8) is 0 Å². The lowest BCUT2D eigenvalue weighted by atomic mass is 10.2. The summed E-state index contributed by atoms with van der Waals surface area (Å²) in [5, 5.41) is 0.165. The van der Waals surface area contributed by atoms with Gasteiger partial charge in [0.15, 0.2) is 0 Å². The third-order valence-corrected chi connectivity index (χ3v) is 2.09. The van der Waals surface area contributed by atoms with Crippen molar-refractivity contribution in [1.29, 1.82) is 0 Å². The minimum atomic E-state index is 0.165. The molecule has 0 aliphatic carbocycles. The van der Waals surface area contributed by atoms with Crippen LogP contribution in [-0.4, -0.2) is 11.3 Å². The Kier molecular flexibility index (Phi) is 7.13. The Morgan fingerprint density at radius 1 is 1.33 bits per heavy atom. The van der Waals surface area contributed by atoms with Gasteiger partial charge in [-0.1, -0.05) is 26.2 Å². The molecule has 0 saturated heterocycles.